The molecule has 0 aliphatic heterocycles. The van der Waals surface area contributed by atoms with Crippen LogP contribution in [0.4, 0.5) is 0 Å². The summed E-state index contributed by atoms with van der Waals surface area (Å²) in [7, 11) is 1.57. The lowest BCUT2D eigenvalue weighted by Gasteiger charge is -2.35. The number of methoxy groups -OCH3 is 1. The van der Waals surface area contributed by atoms with Crippen LogP contribution in [0, 0.1) is 11.3 Å². The number of allylic oxidation sites excluding steroid dienone is 1. The van der Waals surface area contributed by atoms with Crippen LogP contribution in [0.2, 0.25) is 0 Å². The van der Waals surface area contributed by atoms with E-state index in [4.69, 9.17) is 14.2 Å². The third-order valence-corrected chi connectivity index (χ3v) is 3.60. The molecule has 0 N–H and O–H groups in total. The fourth-order valence-electron chi connectivity index (χ4n) is 2.36. The van der Waals surface area contributed by atoms with Gasteiger partial charge in [0, 0.05) is 13.5 Å². The predicted molar refractivity (Wildman–Crippen MR) is 73.4 cm³/mol. The standard InChI is InChI=1S/C15H26O4/c1-6-18-14(16)12-9-11(15(2,3)4)7-8-13(12)19-10-17-5/h11H,6-10H2,1-5H3. The van der Waals surface area contributed by atoms with Crippen LogP contribution < -0.4 is 0 Å². The zero-order valence-corrected chi connectivity index (χ0v) is 12.7. The second-order valence-corrected chi connectivity index (χ2v) is 5.98. The first-order chi connectivity index (χ1) is 8.90. The summed E-state index contributed by atoms with van der Waals surface area (Å²) < 4.78 is 15.6. The lowest BCUT2D eigenvalue weighted by atomic mass is 9.72. The van der Waals surface area contributed by atoms with Crippen molar-refractivity contribution in [3.8, 4) is 0 Å². The molecule has 0 spiro atoms. The predicted octanol–water partition coefficient (Wildman–Crippen LogP) is 3.27. The van der Waals surface area contributed by atoms with Crippen LogP contribution in [-0.2, 0) is 19.0 Å². The van der Waals surface area contributed by atoms with Crippen molar-refractivity contribution in [3.63, 3.8) is 0 Å². The van der Waals surface area contributed by atoms with Crippen LogP contribution in [0.5, 0.6) is 0 Å². The van der Waals surface area contributed by atoms with Gasteiger partial charge in [0.05, 0.1) is 12.2 Å². The van der Waals surface area contributed by atoms with Crippen LogP contribution in [0.1, 0.15) is 47.0 Å². The molecule has 0 aromatic carbocycles. The molecule has 0 bridgehead atoms. The van der Waals surface area contributed by atoms with Gasteiger partial charge in [0.1, 0.15) is 5.76 Å². The van der Waals surface area contributed by atoms with E-state index in [1.54, 1.807) is 7.11 Å². The Kier molecular flexibility index (Phi) is 5.85. The van der Waals surface area contributed by atoms with Gasteiger partial charge in [-0.15, -0.1) is 0 Å². The highest BCUT2D eigenvalue weighted by molar-refractivity contribution is 5.89. The lowest BCUT2D eigenvalue weighted by Crippen LogP contribution is -2.28. The van der Waals surface area contributed by atoms with Crippen molar-refractivity contribution in [1.82, 2.24) is 0 Å². The highest BCUT2D eigenvalue weighted by atomic mass is 16.7. The van der Waals surface area contributed by atoms with E-state index in [-0.39, 0.29) is 18.2 Å². The summed E-state index contributed by atoms with van der Waals surface area (Å²) in [5.74, 6) is 0.963. The van der Waals surface area contributed by atoms with E-state index in [1.807, 2.05) is 6.92 Å². The molecule has 0 fully saturated rings. The van der Waals surface area contributed by atoms with Gasteiger partial charge in [-0.05, 0) is 31.1 Å². The molecule has 0 amide bonds. The topological polar surface area (TPSA) is 44.8 Å². The Morgan fingerprint density at radius 3 is 2.58 bits per heavy atom. The minimum Gasteiger partial charge on any atom is -0.471 e. The molecule has 1 aliphatic rings. The summed E-state index contributed by atoms with van der Waals surface area (Å²) in [4.78, 5) is 12.0. The molecule has 0 saturated carbocycles. The number of esters is 1. The first kappa shape index (κ1) is 16.0. The molecule has 1 atom stereocenters. The molecule has 1 aliphatic carbocycles. The molecular weight excluding hydrogens is 244 g/mol. The van der Waals surface area contributed by atoms with Gasteiger partial charge in [0.25, 0.3) is 0 Å². The molecule has 110 valence electrons. The second-order valence-electron chi connectivity index (χ2n) is 5.98. The largest absolute Gasteiger partial charge is 0.471 e. The highest BCUT2D eigenvalue weighted by Crippen LogP contribution is 2.40. The quantitative estimate of drug-likeness (QED) is 0.568. The average molecular weight is 270 g/mol. The first-order valence-corrected chi connectivity index (χ1v) is 6.91. The smallest absolute Gasteiger partial charge is 0.337 e. The van der Waals surface area contributed by atoms with Gasteiger partial charge in [-0.3, -0.25) is 0 Å². The van der Waals surface area contributed by atoms with Crippen molar-refractivity contribution in [3.05, 3.63) is 11.3 Å². The maximum atomic E-state index is 12.0. The SMILES string of the molecule is CCOC(=O)C1=C(OCOC)CCC(C(C)(C)C)C1. The minimum absolute atomic E-state index is 0.179. The molecule has 0 saturated heterocycles. The third kappa shape index (κ3) is 4.53. The molecule has 1 rings (SSSR count). The van der Waals surface area contributed by atoms with Gasteiger partial charge in [-0.2, -0.15) is 0 Å². The van der Waals surface area contributed by atoms with Crippen molar-refractivity contribution < 1.29 is 19.0 Å². The van der Waals surface area contributed by atoms with Gasteiger partial charge < -0.3 is 14.2 Å². The van der Waals surface area contributed by atoms with E-state index < -0.39 is 0 Å². The first-order valence-electron chi connectivity index (χ1n) is 6.91. The lowest BCUT2D eigenvalue weighted by molar-refractivity contribution is -0.139. The van der Waals surface area contributed by atoms with Crippen molar-refractivity contribution in [2.45, 2.75) is 47.0 Å². The molecule has 0 heterocycles. The van der Waals surface area contributed by atoms with Crippen LogP contribution in [0.25, 0.3) is 0 Å². The molecule has 4 heteroatoms. The Morgan fingerprint density at radius 1 is 1.37 bits per heavy atom. The normalized spacial score (nSPS) is 20.4. The van der Waals surface area contributed by atoms with E-state index in [0.29, 0.717) is 18.1 Å². The fourth-order valence-corrected chi connectivity index (χ4v) is 2.36. The monoisotopic (exact) mass is 270 g/mol. The number of hydrogen-bond donors (Lipinski definition) is 0. The van der Waals surface area contributed by atoms with Gasteiger partial charge in [0.2, 0.25) is 0 Å². The fraction of sp³-hybridized carbons (Fsp3) is 0.800. The van der Waals surface area contributed by atoms with Gasteiger partial charge >= 0.3 is 5.97 Å². The van der Waals surface area contributed by atoms with Crippen molar-refractivity contribution in [2.24, 2.45) is 11.3 Å². The summed E-state index contributed by atoms with van der Waals surface area (Å²) in [6.07, 6.45) is 2.53. The second kappa shape index (κ2) is 6.94. The number of ether oxygens (including phenoxy) is 3. The van der Waals surface area contributed by atoms with Crippen molar-refractivity contribution in [2.75, 3.05) is 20.5 Å². The molecule has 1 unspecified atom stereocenters. The Labute approximate surface area is 116 Å². The summed E-state index contributed by atoms with van der Waals surface area (Å²) in [6, 6.07) is 0. The number of carbonyl (C=O) groups excluding carboxylic acids is 1. The van der Waals surface area contributed by atoms with Crippen molar-refractivity contribution in [1.29, 1.82) is 0 Å². The third-order valence-electron chi connectivity index (χ3n) is 3.60. The van der Waals surface area contributed by atoms with E-state index in [2.05, 4.69) is 20.8 Å². The van der Waals surface area contributed by atoms with Crippen LogP contribution in [0.15, 0.2) is 11.3 Å². The molecular formula is C15H26O4. The van der Waals surface area contributed by atoms with E-state index in [0.717, 1.165) is 25.0 Å². The van der Waals surface area contributed by atoms with Crippen LogP contribution in [-0.4, -0.2) is 26.5 Å². The Morgan fingerprint density at radius 2 is 2.05 bits per heavy atom. The summed E-state index contributed by atoms with van der Waals surface area (Å²) in [6.45, 7) is 9.01. The summed E-state index contributed by atoms with van der Waals surface area (Å²) in [5.41, 5.74) is 0.870. The maximum Gasteiger partial charge on any atom is 0.337 e. The Hall–Kier alpha value is -1.03. The Bertz CT molecular complexity index is 339. The number of carbonyl (C=O) groups is 1. The van der Waals surface area contributed by atoms with Crippen molar-refractivity contribution >= 4 is 5.97 Å². The summed E-state index contributed by atoms with van der Waals surface area (Å²) >= 11 is 0. The molecule has 0 radical (unpaired) electrons. The highest BCUT2D eigenvalue weighted by Gasteiger charge is 2.33. The zero-order chi connectivity index (χ0) is 14.5. The molecule has 19 heavy (non-hydrogen) atoms. The number of rotatable bonds is 5. The van der Waals surface area contributed by atoms with Gasteiger partial charge in [0.15, 0.2) is 6.79 Å². The van der Waals surface area contributed by atoms with E-state index in [9.17, 15) is 4.79 Å². The van der Waals surface area contributed by atoms with E-state index in [1.165, 1.54) is 0 Å². The van der Waals surface area contributed by atoms with Crippen LogP contribution in [0.3, 0.4) is 0 Å². The van der Waals surface area contributed by atoms with E-state index >= 15 is 0 Å². The minimum atomic E-state index is -0.248. The maximum absolute atomic E-state index is 12.0. The molecule has 0 aromatic heterocycles. The Balaban J connectivity index is 2.88. The van der Waals surface area contributed by atoms with Gasteiger partial charge in [-0.1, -0.05) is 20.8 Å². The average Bonchev–Trinajstić information content (AvgIpc) is 2.35. The molecule has 0 aromatic rings. The van der Waals surface area contributed by atoms with Gasteiger partial charge in [-0.25, -0.2) is 4.79 Å². The van der Waals surface area contributed by atoms with Crippen LogP contribution >= 0.6 is 0 Å². The number of hydrogen-bond acceptors (Lipinski definition) is 4. The zero-order valence-electron chi connectivity index (χ0n) is 12.7. The molecule has 4 nitrogen and oxygen atoms in total. The summed E-state index contributed by atoms with van der Waals surface area (Å²) in [5, 5.41) is 0.